The van der Waals surface area contributed by atoms with Crippen molar-refractivity contribution in [1.29, 1.82) is 0 Å². The van der Waals surface area contributed by atoms with E-state index in [2.05, 4.69) is 35.6 Å². The maximum atomic E-state index is 15.0. The van der Waals surface area contributed by atoms with E-state index in [-0.39, 0.29) is 48.2 Å². The van der Waals surface area contributed by atoms with Crippen molar-refractivity contribution in [2.75, 3.05) is 52.0 Å². The van der Waals surface area contributed by atoms with Crippen molar-refractivity contribution in [1.82, 2.24) is 43.5 Å². The molecule has 18 heteroatoms. The van der Waals surface area contributed by atoms with Crippen LogP contribution in [0.25, 0.3) is 33.5 Å². The van der Waals surface area contributed by atoms with Crippen LogP contribution in [0.3, 0.4) is 0 Å². The standard InChI is InChI=1S/C25H24F3N5O.C24H24F2N6O/c1-14-12-33-24(31-14)19(17-9-21(27)15(8-22(17)28)13-32(2)3)11-30-25(33)29-10-18-16-6-7-34-23(16)5-4-20(18)26;1-14-12-32-23(30-14)17(15-8-20(26)21(27-9-15)13-31(2)3)10-28-24(32)29-11-18-16-6-7-33-22(16)5-4-19(18)25/h4-5,8-9,11-12H,6-7,10,13H2,1-3H3,(H,29,30);4-5,8-10,12H,6-7,11,13H2,1-3H3,(H,28,29). The molecule has 0 amide bonds. The molecule has 8 aromatic rings. The number of rotatable bonds is 12. The number of hydrogen-bond donors (Lipinski definition) is 2. The molecule has 3 aromatic carbocycles. The van der Waals surface area contributed by atoms with E-state index in [1.807, 2.05) is 32.1 Å². The third kappa shape index (κ3) is 9.18. The molecule has 0 aliphatic carbocycles. The molecule has 0 saturated heterocycles. The van der Waals surface area contributed by atoms with E-state index in [4.69, 9.17) is 9.47 Å². The van der Waals surface area contributed by atoms with Gasteiger partial charge in [-0.05, 0) is 84.5 Å². The molecule has 10 rings (SSSR count). The fraction of sp³-hybridized carbons (Fsp3) is 0.286. The topological polar surface area (TPSA) is 122 Å². The van der Waals surface area contributed by atoms with E-state index in [0.717, 1.165) is 22.6 Å². The van der Waals surface area contributed by atoms with Crippen LogP contribution in [-0.4, -0.2) is 84.9 Å². The van der Waals surface area contributed by atoms with E-state index in [1.165, 1.54) is 36.5 Å². The molecule has 67 heavy (non-hydrogen) atoms. The van der Waals surface area contributed by atoms with Gasteiger partial charge in [-0.2, -0.15) is 0 Å². The zero-order valence-electron chi connectivity index (χ0n) is 37.8. The van der Waals surface area contributed by atoms with Crippen LogP contribution in [0, 0.1) is 42.9 Å². The van der Waals surface area contributed by atoms with Crippen molar-refractivity contribution in [3.05, 3.63) is 147 Å². The van der Waals surface area contributed by atoms with Crippen molar-refractivity contribution in [3.8, 4) is 33.8 Å². The second-order valence-corrected chi connectivity index (χ2v) is 17.1. The number of nitrogens with zero attached hydrogens (tertiary/aromatic N) is 9. The van der Waals surface area contributed by atoms with Gasteiger partial charge in [-0.3, -0.25) is 13.8 Å². The SMILES string of the molecule is Cc1cn2c(NCc3c(F)ccc4c3CCO4)ncc(-c3cc(F)c(CN(C)C)cc3F)c2n1.Cc1cn2c(NCc3c(F)ccc4c3CCO4)ncc(-c3cnc(CN(C)C)c(F)c3)c2n1. The molecule has 0 radical (unpaired) electrons. The van der Waals surface area contributed by atoms with Crippen LogP contribution < -0.4 is 20.1 Å². The van der Waals surface area contributed by atoms with Crippen LogP contribution in [0.5, 0.6) is 11.5 Å². The van der Waals surface area contributed by atoms with Gasteiger partial charge in [0.25, 0.3) is 0 Å². The highest BCUT2D eigenvalue weighted by atomic mass is 19.1. The molecule has 0 saturated carbocycles. The van der Waals surface area contributed by atoms with Crippen LogP contribution >= 0.6 is 0 Å². The molecular weight excluding hydrogens is 870 g/mol. The van der Waals surface area contributed by atoms with Crippen molar-refractivity contribution in [2.24, 2.45) is 0 Å². The van der Waals surface area contributed by atoms with E-state index in [9.17, 15) is 17.6 Å². The van der Waals surface area contributed by atoms with Gasteiger partial charge in [0.1, 0.15) is 51.9 Å². The molecule has 7 heterocycles. The lowest BCUT2D eigenvalue weighted by atomic mass is 10.0. The zero-order chi connectivity index (χ0) is 47.1. The van der Waals surface area contributed by atoms with Crippen LogP contribution in [0.2, 0.25) is 0 Å². The predicted octanol–water partition coefficient (Wildman–Crippen LogP) is 8.72. The number of nitrogens with one attached hydrogen (secondary N) is 2. The molecule has 0 bridgehead atoms. The summed E-state index contributed by atoms with van der Waals surface area (Å²) in [4.78, 5) is 26.0. The number of aryl methyl sites for hydroxylation is 2. The number of fused-ring (bicyclic) bond motifs is 4. The molecule has 13 nitrogen and oxygen atoms in total. The van der Waals surface area contributed by atoms with Gasteiger partial charge < -0.3 is 29.9 Å². The number of imidazole rings is 2. The van der Waals surface area contributed by atoms with E-state index in [0.29, 0.717) is 101 Å². The fourth-order valence-corrected chi connectivity index (χ4v) is 8.48. The second kappa shape index (κ2) is 18.6. The van der Waals surface area contributed by atoms with E-state index >= 15 is 4.39 Å². The summed E-state index contributed by atoms with van der Waals surface area (Å²) in [6.45, 7) is 5.91. The Morgan fingerprint density at radius 3 is 1.66 bits per heavy atom. The van der Waals surface area contributed by atoms with Crippen LogP contribution in [0.15, 0.2) is 73.4 Å². The summed E-state index contributed by atoms with van der Waals surface area (Å²) < 4.78 is 88.0. The highest BCUT2D eigenvalue weighted by molar-refractivity contribution is 5.79. The smallest absolute Gasteiger partial charge is 0.208 e. The van der Waals surface area contributed by atoms with Gasteiger partial charge in [0.2, 0.25) is 11.9 Å². The maximum Gasteiger partial charge on any atom is 0.208 e. The van der Waals surface area contributed by atoms with Gasteiger partial charge in [0, 0.05) is 120 Å². The minimum Gasteiger partial charge on any atom is -0.493 e. The number of anilines is 2. The molecule has 5 aromatic heterocycles. The summed E-state index contributed by atoms with van der Waals surface area (Å²) in [6.07, 6.45) is 9.65. The summed E-state index contributed by atoms with van der Waals surface area (Å²) in [5.41, 5.74) is 7.70. The minimum absolute atomic E-state index is 0.0822. The third-order valence-electron chi connectivity index (χ3n) is 11.6. The summed E-state index contributed by atoms with van der Waals surface area (Å²) in [5.74, 6) is 0.341. The van der Waals surface area contributed by atoms with Crippen molar-refractivity contribution < 1.29 is 31.4 Å². The Balaban J connectivity index is 0.000000168. The largest absolute Gasteiger partial charge is 0.493 e. The first-order valence-electron chi connectivity index (χ1n) is 21.7. The molecule has 0 fully saturated rings. The average molecular weight is 918 g/mol. The minimum atomic E-state index is -0.551. The molecule has 2 aliphatic heterocycles. The number of hydrogen-bond acceptors (Lipinski definition) is 11. The predicted molar refractivity (Wildman–Crippen MR) is 245 cm³/mol. The normalized spacial score (nSPS) is 12.9. The van der Waals surface area contributed by atoms with E-state index < -0.39 is 11.6 Å². The monoisotopic (exact) mass is 917 g/mol. The van der Waals surface area contributed by atoms with Crippen LogP contribution in [0.4, 0.5) is 33.8 Å². The van der Waals surface area contributed by atoms with Gasteiger partial charge in [-0.1, -0.05) is 0 Å². The van der Waals surface area contributed by atoms with Gasteiger partial charge in [-0.15, -0.1) is 0 Å². The van der Waals surface area contributed by atoms with Crippen molar-refractivity contribution in [3.63, 3.8) is 0 Å². The Labute approximate surface area is 383 Å². The zero-order valence-corrected chi connectivity index (χ0v) is 37.8. The van der Waals surface area contributed by atoms with Gasteiger partial charge in [0.15, 0.2) is 0 Å². The van der Waals surface area contributed by atoms with Gasteiger partial charge in [0.05, 0.1) is 30.3 Å². The lowest BCUT2D eigenvalue weighted by molar-refractivity contribution is 0.356. The number of aromatic nitrogens is 7. The molecule has 0 unspecified atom stereocenters. The molecule has 0 spiro atoms. The quantitative estimate of drug-likeness (QED) is 0.115. The maximum absolute atomic E-state index is 15.0. The van der Waals surface area contributed by atoms with Crippen LogP contribution in [-0.2, 0) is 39.0 Å². The summed E-state index contributed by atoms with van der Waals surface area (Å²) >= 11 is 0. The fourth-order valence-electron chi connectivity index (χ4n) is 8.48. The third-order valence-corrected chi connectivity index (χ3v) is 11.6. The number of ether oxygens (including phenoxy) is 2. The first-order valence-corrected chi connectivity index (χ1v) is 21.7. The molecule has 2 N–H and O–H groups in total. The Morgan fingerprint density at radius 1 is 0.582 bits per heavy atom. The van der Waals surface area contributed by atoms with E-state index in [1.54, 1.807) is 65.4 Å². The molecule has 0 atom stereocenters. The second-order valence-electron chi connectivity index (χ2n) is 17.1. The highest BCUT2D eigenvalue weighted by Gasteiger charge is 2.23. The van der Waals surface area contributed by atoms with Gasteiger partial charge in [-0.25, -0.2) is 41.9 Å². The summed E-state index contributed by atoms with van der Waals surface area (Å²) in [5, 5.41) is 6.40. The first-order chi connectivity index (χ1) is 32.2. The highest BCUT2D eigenvalue weighted by Crippen LogP contribution is 2.34. The summed E-state index contributed by atoms with van der Waals surface area (Å²) in [7, 11) is 7.31. The summed E-state index contributed by atoms with van der Waals surface area (Å²) in [6, 6.07) is 9.99. The number of halogens is 5. The number of benzene rings is 3. The molecular formula is C49H48F5N11O2. The molecule has 346 valence electrons. The average Bonchev–Trinajstić information content (AvgIpc) is 4.11. The van der Waals surface area contributed by atoms with Crippen LogP contribution in [0.1, 0.15) is 44.9 Å². The lowest BCUT2D eigenvalue weighted by Gasteiger charge is -2.14. The Kier molecular flexibility index (Phi) is 12.5. The van der Waals surface area contributed by atoms with Crippen molar-refractivity contribution in [2.45, 2.75) is 52.9 Å². The number of pyridine rings is 1. The Morgan fingerprint density at radius 2 is 1.12 bits per heavy atom. The Bertz CT molecular complexity index is 3170. The first kappa shape index (κ1) is 45.0. The molecule has 2 aliphatic rings. The van der Waals surface area contributed by atoms with Gasteiger partial charge >= 0.3 is 0 Å². The Hall–Kier alpha value is -7.18. The van der Waals surface area contributed by atoms with Crippen molar-refractivity contribution >= 4 is 23.2 Å². The lowest BCUT2D eigenvalue weighted by Crippen LogP contribution is -2.13.